The Morgan fingerprint density at radius 3 is 2.02 bits per heavy atom. The first kappa shape index (κ1) is 35.4. The molecule has 4 aromatic rings. The van der Waals surface area contributed by atoms with Gasteiger partial charge in [-0.3, -0.25) is 5.21 Å². The van der Waals surface area contributed by atoms with Gasteiger partial charge in [-0.2, -0.15) is 0 Å². The van der Waals surface area contributed by atoms with Crippen LogP contribution >= 0.6 is 0 Å². The molecule has 13 nitrogen and oxygen atoms in total. The van der Waals surface area contributed by atoms with Crippen molar-refractivity contribution < 1.29 is 48.4 Å². The number of anilines is 1. The minimum Gasteiger partial charge on any atom is -0.733 e. The molecule has 0 saturated carbocycles. The van der Waals surface area contributed by atoms with Crippen LogP contribution in [0.25, 0.3) is 11.1 Å². The van der Waals surface area contributed by atoms with E-state index in [-0.39, 0.29) is 35.9 Å². The minimum absolute atomic E-state index is 0.0149. The Morgan fingerprint density at radius 1 is 0.860 bits per heavy atom. The molecule has 50 heavy (non-hydrogen) atoms. The number of amides is 1. The zero-order valence-corrected chi connectivity index (χ0v) is 27.4. The van der Waals surface area contributed by atoms with Crippen LogP contribution in [0.4, 0.5) is 15.3 Å². The predicted molar refractivity (Wildman–Crippen MR) is 180 cm³/mol. The average Bonchev–Trinajstić information content (AvgIpc) is 3.39. The van der Waals surface area contributed by atoms with Crippen LogP contribution in [0.1, 0.15) is 55.0 Å². The third-order valence-corrected chi connectivity index (χ3v) is 7.76. The highest BCUT2D eigenvalue weighted by atomic mass is 16.8. The highest BCUT2D eigenvalue weighted by Crippen LogP contribution is 2.44. The summed E-state index contributed by atoms with van der Waals surface area (Å²) in [6.45, 7) is 4.82. The second kappa shape index (κ2) is 15.1. The van der Waals surface area contributed by atoms with E-state index in [9.17, 15) is 34.7 Å². The van der Waals surface area contributed by atoms with Gasteiger partial charge in [0, 0.05) is 17.9 Å². The van der Waals surface area contributed by atoms with Crippen LogP contribution in [-0.2, 0) is 30.2 Å². The number of rotatable bonds is 11. The number of para-hydroxylation sites is 1. The predicted octanol–water partition coefficient (Wildman–Crippen LogP) is 6.51. The second-order valence-electron chi connectivity index (χ2n) is 12.4. The lowest BCUT2D eigenvalue weighted by Crippen LogP contribution is -2.42. The first-order chi connectivity index (χ1) is 23.8. The molecule has 0 heterocycles. The van der Waals surface area contributed by atoms with E-state index in [0.717, 1.165) is 22.3 Å². The third-order valence-electron chi connectivity index (χ3n) is 7.76. The molecule has 0 saturated heterocycles. The Kier molecular flexibility index (Phi) is 10.7. The lowest BCUT2D eigenvalue weighted by molar-refractivity contribution is -0.166. The summed E-state index contributed by atoms with van der Waals surface area (Å²) in [6.07, 6.45) is -4.08. The Hall–Kier alpha value is -5.92. The summed E-state index contributed by atoms with van der Waals surface area (Å²) in [7, 11) is 0. The molecule has 0 bridgehead atoms. The molecular weight excluding hydrogens is 648 g/mol. The maximum Gasteiger partial charge on any atom is 0.515 e. The largest absolute Gasteiger partial charge is 0.733 e. The van der Waals surface area contributed by atoms with Crippen molar-refractivity contribution in [2.24, 2.45) is 0 Å². The minimum atomic E-state index is -1.76. The van der Waals surface area contributed by atoms with Crippen LogP contribution < -0.4 is 15.3 Å². The highest BCUT2D eigenvalue weighted by Gasteiger charge is 2.33. The van der Waals surface area contributed by atoms with Gasteiger partial charge in [0.2, 0.25) is 6.10 Å². The van der Waals surface area contributed by atoms with Crippen LogP contribution in [0.3, 0.4) is 0 Å². The van der Waals surface area contributed by atoms with Crippen molar-refractivity contribution in [3.63, 3.8) is 0 Å². The number of alkyl carbamates (subject to hydrolysis) is 1. The van der Waals surface area contributed by atoms with E-state index in [4.69, 9.17) is 18.9 Å². The van der Waals surface area contributed by atoms with Gasteiger partial charge >= 0.3 is 24.2 Å². The van der Waals surface area contributed by atoms with E-state index in [2.05, 4.69) is 5.32 Å². The van der Waals surface area contributed by atoms with Gasteiger partial charge in [0.25, 0.3) is 0 Å². The molecule has 1 aliphatic carbocycles. The molecule has 0 aliphatic heterocycles. The molecule has 0 radical (unpaired) electrons. The van der Waals surface area contributed by atoms with E-state index in [1.54, 1.807) is 20.8 Å². The Morgan fingerprint density at radius 2 is 1.44 bits per heavy atom. The van der Waals surface area contributed by atoms with Gasteiger partial charge in [-0.05, 0) is 66.8 Å². The third kappa shape index (κ3) is 8.56. The number of carbonyl (C=O) groups is 4. The summed E-state index contributed by atoms with van der Waals surface area (Å²) < 4.78 is 21.3. The van der Waals surface area contributed by atoms with Crippen LogP contribution in [0.15, 0.2) is 97.1 Å². The summed E-state index contributed by atoms with van der Waals surface area (Å²) in [6, 6.07) is 25.5. The SMILES string of the molecule is CC(C)(C)OC(=O)C(OC(=O)Oc1ccc(C[C@H](NC(=O)OCC2c3ccccc3-c3ccccc32)C(=O)O)cc1)c1ccccc1N([O-])O. The fraction of sp³-hybridized carbons (Fsp3) is 0.243. The van der Waals surface area contributed by atoms with Crippen molar-refractivity contribution in [1.82, 2.24) is 5.32 Å². The Bertz CT molecular complexity index is 1820. The van der Waals surface area contributed by atoms with Crippen LogP contribution in [-0.4, -0.2) is 52.8 Å². The number of fused-ring (bicyclic) bond motifs is 3. The molecule has 0 fully saturated rings. The zero-order valence-electron chi connectivity index (χ0n) is 27.4. The molecule has 5 rings (SSSR count). The van der Waals surface area contributed by atoms with Crippen molar-refractivity contribution in [3.05, 3.63) is 125 Å². The maximum absolute atomic E-state index is 13.0. The molecule has 260 valence electrons. The number of nitrogens with one attached hydrogen (secondary N) is 1. The number of carbonyl (C=O) groups excluding carboxylic acids is 3. The van der Waals surface area contributed by atoms with Gasteiger partial charge in [-0.15, -0.1) is 0 Å². The van der Waals surface area contributed by atoms with Crippen molar-refractivity contribution in [2.75, 3.05) is 11.8 Å². The van der Waals surface area contributed by atoms with Gasteiger partial charge in [-0.25, -0.2) is 19.2 Å². The molecule has 0 spiro atoms. The van der Waals surface area contributed by atoms with Crippen LogP contribution in [0, 0.1) is 5.21 Å². The Labute approximate surface area is 287 Å². The van der Waals surface area contributed by atoms with Crippen LogP contribution in [0.5, 0.6) is 5.75 Å². The topological polar surface area (TPSA) is 184 Å². The number of hydrogen-bond donors (Lipinski definition) is 3. The number of carboxylic acid groups (broad SMARTS) is 1. The second-order valence-corrected chi connectivity index (χ2v) is 12.4. The number of esters is 1. The average molecular weight is 684 g/mol. The number of hydrogen-bond acceptors (Lipinski definition) is 11. The summed E-state index contributed by atoms with van der Waals surface area (Å²) >= 11 is 0. The van der Waals surface area contributed by atoms with Gasteiger partial charge in [0.05, 0.1) is 5.69 Å². The summed E-state index contributed by atoms with van der Waals surface area (Å²) in [4.78, 5) is 50.5. The first-order valence-electron chi connectivity index (χ1n) is 15.6. The van der Waals surface area contributed by atoms with Gasteiger partial charge in [0.1, 0.15) is 24.0 Å². The number of ether oxygens (including phenoxy) is 4. The smallest absolute Gasteiger partial charge is 0.515 e. The molecular formula is C37H35N2O11-. The Balaban J connectivity index is 1.19. The van der Waals surface area contributed by atoms with Gasteiger partial charge in [-0.1, -0.05) is 78.9 Å². The maximum atomic E-state index is 13.0. The lowest BCUT2D eigenvalue weighted by Gasteiger charge is -2.28. The molecule has 1 amide bonds. The first-order valence-corrected chi connectivity index (χ1v) is 15.6. The van der Waals surface area contributed by atoms with E-state index in [1.165, 1.54) is 48.5 Å². The van der Waals surface area contributed by atoms with Crippen LogP contribution in [0.2, 0.25) is 0 Å². The summed E-state index contributed by atoms with van der Waals surface area (Å²) in [5.41, 5.74) is 3.18. The number of benzene rings is 4. The molecule has 2 atom stereocenters. The number of aliphatic carboxylic acids is 1. The molecule has 3 N–H and O–H groups in total. The molecule has 0 aromatic heterocycles. The van der Waals surface area contributed by atoms with Crippen molar-refractivity contribution >= 4 is 29.9 Å². The fourth-order valence-electron chi connectivity index (χ4n) is 5.61. The molecule has 13 heteroatoms. The van der Waals surface area contributed by atoms with E-state index in [0.29, 0.717) is 5.56 Å². The van der Waals surface area contributed by atoms with E-state index < -0.39 is 47.2 Å². The fourth-order valence-corrected chi connectivity index (χ4v) is 5.61. The normalized spacial score (nSPS) is 13.2. The molecule has 1 unspecified atom stereocenters. The monoisotopic (exact) mass is 683 g/mol. The van der Waals surface area contributed by atoms with Crippen molar-refractivity contribution in [2.45, 2.75) is 50.9 Å². The molecule has 1 aliphatic rings. The van der Waals surface area contributed by atoms with Gasteiger partial charge in [0.15, 0.2) is 0 Å². The summed E-state index contributed by atoms with van der Waals surface area (Å²) in [5, 5.41) is 33.0. The van der Waals surface area contributed by atoms with E-state index in [1.807, 2.05) is 48.5 Å². The van der Waals surface area contributed by atoms with Gasteiger partial charge < -0.3 is 39.8 Å². The van der Waals surface area contributed by atoms with E-state index >= 15 is 0 Å². The zero-order chi connectivity index (χ0) is 36.0. The number of nitrogens with zero attached hydrogens (tertiary/aromatic N) is 1. The number of carboxylic acids is 1. The van der Waals surface area contributed by atoms with Crippen molar-refractivity contribution in [3.8, 4) is 16.9 Å². The van der Waals surface area contributed by atoms with Crippen molar-refractivity contribution in [1.29, 1.82) is 0 Å². The standard InChI is InChI=1S/C37H35N2O11/c1-37(2,3)50-34(42)32(28-14-8-9-15-31(28)39(45)46)49-36(44)48-23-18-16-22(17-19-23)20-30(33(40)41)38-35(43)47-21-29-26-12-6-4-10-24(26)25-11-5-7-13-27(25)29/h4-19,29-30,32,45H,20-21H2,1-3H3,(H,38,43)(H,40,41)/q-1/t30-,32?/m0/s1. The lowest BCUT2D eigenvalue weighted by atomic mass is 9.98. The quantitative estimate of drug-likeness (QED) is 0.0675. The highest BCUT2D eigenvalue weighted by molar-refractivity contribution is 5.83. The molecule has 4 aromatic carbocycles. The summed E-state index contributed by atoms with van der Waals surface area (Å²) in [5.74, 6) is -2.50.